The summed E-state index contributed by atoms with van der Waals surface area (Å²) in [6.07, 6.45) is 0. The minimum absolute atomic E-state index is 0.0240. The summed E-state index contributed by atoms with van der Waals surface area (Å²) in [5.74, 6) is -1.21. The molecular weight excluding hydrogens is 203 g/mol. The van der Waals surface area contributed by atoms with E-state index in [0.29, 0.717) is 5.30 Å². The lowest BCUT2D eigenvalue weighted by Gasteiger charge is -2.00. The van der Waals surface area contributed by atoms with Gasteiger partial charge in [0.25, 0.3) is 0 Å². The zero-order valence-corrected chi connectivity index (χ0v) is 8.36. The van der Waals surface area contributed by atoms with E-state index in [2.05, 4.69) is 0 Å². The molecule has 5 heteroatoms. The number of carbonyl (C=O) groups is 1. The van der Waals surface area contributed by atoms with Crippen LogP contribution < -0.4 is 10.2 Å². The van der Waals surface area contributed by atoms with E-state index in [1.165, 1.54) is 31.2 Å². The van der Waals surface area contributed by atoms with Gasteiger partial charge in [-0.25, -0.2) is 4.79 Å². The molecule has 74 valence electrons. The average Bonchev–Trinajstić information content (AvgIpc) is 2.15. The van der Waals surface area contributed by atoms with Gasteiger partial charge in [0.1, 0.15) is 18.8 Å². The standard InChI is InChI=1S/C9H9O4P/c1-6(9(11)12)14(13)8-4-2-3-7(10)5-8/h2-5,10H,1H3,(H,11,12). The first-order valence-electron chi connectivity index (χ1n) is 3.85. The molecule has 1 aromatic carbocycles. The fourth-order valence-corrected chi connectivity index (χ4v) is 1.93. The first-order chi connectivity index (χ1) is 6.52. The number of phenols is 1. The Labute approximate surface area is 81.9 Å². The minimum atomic E-state index is -2.09. The maximum atomic E-state index is 11.6. The van der Waals surface area contributed by atoms with E-state index in [-0.39, 0.29) is 11.0 Å². The lowest BCUT2D eigenvalue weighted by Crippen LogP contribution is -2.16. The monoisotopic (exact) mass is 212 g/mol. The Kier molecular flexibility index (Phi) is 3.23. The lowest BCUT2D eigenvalue weighted by atomic mass is 10.3. The van der Waals surface area contributed by atoms with Crippen molar-refractivity contribution in [3.63, 3.8) is 0 Å². The zero-order valence-electron chi connectivity index (χ0n) is 7.47. The Hall–Kier alpha value is -1.38. The molecule has 0 amide bonds. The Balaban J connectivity index is 3.18. The Bertz CT molecular complexity index is 398. The van der Waals surface area contributed by atoms with Crippen molar-refractivity contribution < 1.29 is 19.9 Å². The fourth-order valence-electron chi connectivity index (χ4n) is 0.900. The molecule has 0 aliphatic rings. The first kappa shape index (κ1) is 10.7. The SMILES string of the molecule is CC(C(=O)O)=[P+]([O-])c1cccc(O)c1. The average molecular weight is 212 g/mol. The van der Waals surface area contributed by atoms with Crippen LogP contribution >= 0.6 is 7.77 Å². The molecule has 1 aromatic rings. The van der Waals surface area contributed by atoms with E-state index in [0.717, 1.165) is 0 Å². The van der Waals surface area contributed by atoms with Crippen molar-refractivity contribution in [2.75, 3.05) is 0 Å². The lowest BCUT2D eigenvalue weighted by molar-refractivity contribution is -0.150. The molecule has 0 aromatic heterocycles. The van der Waals surface area contributed by atoms with Crippen molar-refractivity contribution in [1.82, 2.24) is 0 Å². The van der Waals surface area contributed by atoms with Gasteiger partial charge in [0, 0.05) is 13.0 Å². The molecule has 0 spiro atoms. The number of benzene rings is 1. The predicted molar refractivity (Wildman–Crippen MR) is 53.0 cm³/mol. The van der Waals surface area contributed by atoms with E-state index in [4.69, 9.17) is 10.2 Å². The van der Waals surface area contributed by atoms with Gasteiger partial charge in [-0.15, -0.1) is 0 Å². The third-order valence-corrected chi connectivity index (χ3v) is 3.23. The zero-order chi connectivity index (χ0) is 10.7. The number of phenolic OH excluding ortho intramolecular Hbond substituents is 1. The Morgan fingerprint density at radius 3 is 2.64 bits per heavy atom. The number of aliphatic carboxylic acids is 1. The molecule has 14 heavy (non-hydrogen) atoms. The molecule has 1 unspecified atom stereocenters. The van der Waals surface area contributed by atoms with E-state index in [1.54, 1.807) is 0 Å². The summed E-state index contributed by atoms with van der Waals surface area (Å²) >= 11 is 0. The second kappa shape index (κ2) is 4.22. The van der Waals surface area contributed by atoms with Gasteiger partial charge in [-0.2, -0.15) is 0 Å². The van der Waals surface area contributed by atoms with E-state index in [1.807, 2.05) is 0 Å². The van der Waals surface area contributed by atoms with Crippen LogP contribution in [0, 0.1) is 0 Å². The molecule has 2 N–H and O–H groups in total. The highest BCUT2D eigenvalue weighted by Gasteiger charge is 2.15. The molecule has 1 rings (SSSR count). The van der Waals surface area contributed by atoms with Crippen molar-refractivity contribution in [2.45, 2.75) is 6.92 Å². The van der Waals surface area contributed by atoms with Gasteiger partial charge in [-0.1, -0.05) is 6.07 Å². The van der Waals surface area contributed by atoms with Crippen molar-refractivity contribution in [1.29, 1.82) is 0 Å². The summed E-state index contributed by atoms with van der Waals surface area (Å²) < 4.78 is 0. The van der Waals surface area contributed by atoms with E-state index >= 15 is 0 Å². The summed E-state index contributed by atoms with van der Waals surface area (Å²) in [4.78, 5) is 22.1. The fraction of sp³-hybridized carbons (Fsp3) is 0.111. The number of hydrogen-bond donors (Lipinski definition) is 2. The molecule has 0 heterocycles. The highest BCUT2D eigenvalue weighted by Crippen LogP contribution is 2.16. The predicted octanol–water partition coefficient (Wildman–Crippen LogP) is 0.0516. The van der Waals surface area contributed by atoms with Gasteiger partial charge in [0.05, 0.1) is 0 Å². The molecule has 0 fully saturated rings. The molecule has 0 radical (unpaired) electrons. The van der Waals surface area contributed by atoms with Crippen LogP contribution in [-0.2, 0) is 4.79 Å². The van der Waals surface area contributed by atoms with Gasteiger partial charge >= 0.3 is 5.97 Å². The molecular formula is C9H9O4P. The topological polar surface area (TPSA) is 80.6 Å². The summed E-state index contributed by atoms with van der Waals surface area (Å²) in [6, 6.07) is 5.77. The largest absolute Gasteiger partial charge is 0.625 e. The number of hydrogen-bond acceptors (Lipinski definition) is 3. The third kappa shape index (κ3) is 2.31. The van der Waals surface area contributed by atoms with Crippen LogP contribution in [0.15, 0.2) is 24.3 Å². The molecule has 0 aliphatic heterocycles. The van der Waals surface area contributed by atoms with Crippen LogP contribution in [0.4, 0.5) is 0 Å². The normalized spacial score (nSPS) is 12.1. The van der Waals surface area contributed by atoms with Crippen LogP contribution in [0.5, 0.6) is 5.75 Å². The van der Waals surface area contributed by atoms with E-state index < -0.39 is 13.7 Å². The molecule has 1 atom stereocenters. The van der Waals surface area contributed by atoms with Gasteiger partial charge < -0.3 is 15.1 Å². The summed E-state index contributed by atoms with van der Waals surface area (Å²) in [5.41, 5.74) is 0. The second-order valence-electron chi connectivity index (χ2n) is 2.70. The summed E-state index contributed by atoms with van der Waals surface area (Å²) in [5, 5.41) is 17.9. The van der Waals surface area contributed by atoms with Gasteiger partial charge in [0.15, 0.2) is 0 Å². The van der Waals surface area contributed by atoms with Crippen molar-refractivity contribution in [2.24, 2.45) is 0 Å². The third-order valence-electron chi connectivity index (χ3n) is 1.68. The van der Waals surface area contributed by atoms with Crippen LogP contribution in [-0.4, -0.2) is 21.5 Å². The first-order valence-corrected chi connectivity index (χ1v) is 5.11. The molecule has 0 bridgehead atoms. The van der Waals surface area contributed by atoms with Gasteiger partial charge in [-0.3, -0.25) is 0 Å². The Morgan fingerprint density at radius 1 is 1.50 bits per heavy atom. The minimum Gasteiger partial charge on any atom is -0.625 e. The van der Waals surface area contributed by atoms with Crippen LogP contribution in [0.25, 0.3) is 0 Å². The summed E-state index contributed by atoms with van der Waals surface area (Å²) in [6.45, 7) is 1.30. The van der Waals surface area contributed by atoms with Crippen molar-refractivity contribution in [3.05, 3.63) is 24.3 Å². The molecule has 4 nitrogen and oxygen atoms in total. The highest BCUT2D eigenvalue weighted by atomic mass is 31.1. The van der Waals surface area contributed by atoms with Crippen LogP contribution in [0.1, 0.15) is 6.92 Å². The van der Waals surface area contributed by atoms with Gasteiger partial charge in [-0.05, 0) is 12.1 Å². The number of rotatable bonds is 2. The summed E-state index contributed by atoms with van der Waals surface area (Å²) in [7, 11) is -2.09. The highest BCUT2D eigenvalue weighted by molar-refractivity contribution is 7.61. The second-order valence-corrected chi connectivity index (χ2v) is 4.48. The number of carboxylic acids is 1. The van der Waals surface area contributed by atoms with Crippen molar-refractivity contribution >= 4 is 24.3 Å². The van der Waals surface area contributed by atoms with Crippen LogP contribution in [0.3, 0.4) is 0 Å². The maximum absolute atomic E-state index is 11.6. The van der Waals surface area contributed by atoms with Crippen LogP contribution in [0.2, 0.25) is 0 Å². The van der Waals surface area contributed by atoms with Crippen molar-refractivity contribution in [3.8, 4) is 5.75 Å². The van der Waals surface area contributed by atoms with E-state index in [9.17, 15) is 9.69 Å². The Morgan fingerprint density at radius 2 is 2.14 bits per heavy atom. The molecule has 0 saturated carbocycles. The quantitative estimate of drug-likeness (QED) is 0.679. The number of aromatic hydroxyl groups is 1. The number of carboxylic acid groups (broad SMARTS) is 1. The smallest absolute Gasteiger partial charge is 0.374 e. The molecule has 0 aliphatic carbocycles. The maximum Gasteiger partial charge on any atom is 0.374 e. The van der Waals surface area contributed by atoms with Gasteiger partial charge in [0.2, 0.25) is 5.29 Å². The molecule has 0 saturated heterocycles.